The second kappa shape index (κ2) is 11.4. The number of fused-ring (bicyclic) bond motifs is 4. The third-order valence-corrected chi connectivity index (χ3v) is 9.43. The van der Waals surface area contributed by atoms with Gasteiger partial charge in [0, 0.05) is 21.5 Å². The molecular formula is C34H27N5O2S2. The van der Waals surface area contributed by atoms with Crippen molar-refractivity contribution >= 4 is 99.5 Å². The summed E-state index contributed by atoms with van der Waals surface area (Å²) in [5.74, 6) is 0. The number of benzene rings is 4. The van der Waals surface area contributed by atoms with Crippen LogP contribution in [0, 0.1) is 0 Å². The Kier molecular flexibility index (Phi) is 7.10. The van der Waals surface area contributed by atoms with Gasteiger partial charge in [0.15, 0.2) is 0 Å². The van der Waals surface area contributed by atoms with Crippen molar-refractivity contribution in [3.05, 3.63) is 101 Å². The molecule has 0 spiro atoms. The topological polar surface area (TPSA) is 95.2 Å². The maximum atomic E-state index is 13.2. The summed E-state index contributed by atoms with van der Waals surface area (Å²) in [4.78, 5) is 31.3. The van der Waals surface area contributed by atoms with Gasteiger partial charge in [0.2, 0.25) is 0 Å². The summed E-state index contributed by atoms with van der Waals surface area (Å²) in [6.07, 6.45) is 1.82. The van der Waals surface area contributed by atoms with Gasteiger partial charge in [-0.2, -0.15) is 0 Å². The Bertz CT molecular complexity index is 2010. The molecule has 0 fully saturated rings. The normalized spacial score (nSPS) is 11.3. The van der Waals surface area contributed by atoms with E-state index in [1.807, 2.05) is 95.7 Å². The van der Waals surface area contributed by atoms with Gasteiger partial charge in [-0.15, -0.1) is 22.7 Å². The average Bonchev–Trinajstić information content (AvgIpc) is 3.61. The molecule has 4 aromatic carbocycles. The molecule has 7 rings (SSSR count). The number of urea groups is 2. The van der Waals surface area contributed by atoms with Crippen LogP contribution in [0.1, 0.15) is 18.9 Å². The van der Waals surface area contributed by atoms with E-state index in [4.69, 9.17) is 4.98 Å². The number of anilines is 4. The Morgan fingerprint density at radius 2 is 1.05 bits per heavy atom. The number of nitrogens with zero attached hydrogens (tertiary/aromatic N) is 1. The number of aromatic nitrogens is 1. The van der Waals surface area contributed by atoms with E-state index in [2.05, 4.69) is 28.2 Å². The van der Waals surface area contributed by atoms with Gasteiger partial charge in [-0.3, -0.25) is 0 Å². The third kappa shape index (κ3) is 5.13. The first-order valence-electron chi connectivity index (χ1n) is 14.0. The summed E-state index contributed by atoms with van der Waals surface area (Å²) in [6.45, 7) is 2.15. The van der Waals surface area contributed by atoms with Crippen molar-refractivity contribution < 1.29 is 9.59 Å². The third-order valence-electron chi connectivity index (χ3n) is 7.37. The Morgan fingerprint density at radius 3 is 1.53 bits per heavy atom. The number of nitrogens with one attached hydrogen (secondary N) is 4. The highest BCUT2D eigenvalue weighted by atomic mass is 32.1. The lowest BCUT2D eigenvalue weighted by molar-refractivity contribution is 0.261. The zero-order valence-corrected chi connectivity index (χ0v) is 24.9. The van der Waals surface area contributed by atoms with E-state index in [0.29, 0.717) is 22.4 Å². The van der Waals surface area contributed by atoms with Gasteiger partial charge in [-0.1, -0.05) is 86.1 Å². The highest BCUT2D eigenvalue weighted by molar-refractivity contribution is 7.20. The van der Waals surface area contributed by atoms with E-state index in [1.54, 1.807) is 22.7 Å². The first kappa shape index (κ1) is 26.9. The fourth-order valence-corrected chi connectivity index (χ4v) is 7.55. The molecule has 212 valence electrons. The molecule has 3 heterocycles. The number of amides is 4. The van der Waals surface area contributed by atoms with E-state index in [9.17, 15) is 9.59 Å². The zero-order valence-electron chi connectivity index (χ0n) is 23.2. The van der Waals surface area contributed by atoms with E-state index < -0.39 is 0 Å². The fraction of sp³-hybridized carbons (Fsp3) is 0.0882. The molecule has 7 aromatic rings. The van der Waals surface area contributed by atoms with Crippen LogP contribution in [0.4, 0.5) is 32.3 Å². The molecule has 4 amide bonds. The number of pyridine rings is 1. The lowest BCUT2D eigenvalue weighted by Crippen LogP contribution is -2.19. The number of aryl methyl sites for hydroxylation is 1. The number of rotatable bonds is 6. The van der Waals surface area contributed by atoms with Crippen LogP contribution in [0.25, 0.3) is 42.0 Å². The summed E-state index contributed by atoms with van der Waals surface area (Å²) in [7, 11) is 0. The molecular weight excluding hydrogens is 575 g/mol. The van der Waals surface area contributed by atoms with Crippen molar-refractivity contribution in [2.45, 2.75) is 19.8 Å². The predicted molar refractivity (Wildman–Crippen MR) is 182 cm³/mol. The van der Waals surface area contributed by atoms with Gasteiger partial charge >= 0.3 is 12.1 Å². The molecule has 43 heavy (non-hydrogen) atoms. The van der Waals surface area contributed by atoms with Crippen LogP contribution in [0.3, 0.4) is 0 Å². The largest absolute Gasteiger partial charge is 0.323 e. The van der Waals surface area contributed by atoms with Gasteiger partial charge in [0.25, 0.3) is 0 Å². The molecule has 0 saturated heterocycles. The predicted octanol–water partition coefficient (Wildman–Crippen LogP) is 10.1. The first-order valence-corrected chi connectivity index (χ1v) is 15.8. The summed E-state index contributed by atoms with van der Waals surface area (Å²) in [6, 6.07) is 26.9. The standard InChI is InChI=1S/C34H27N5O2S2/c1-2-9-24-31-29(27(18-42-31)37-33(40)35-25-16-7-12-20-10-3-5-14-22(20)25)39-30-28(19-43-32(24)30)38-34(41)36-26-17-8-13-21-11-4-6-15-23(21)26/h3-8,10-19H,2,9H2,1H3,(H2,35,37,40)(H2,36,38,41). The first-order chi connectivity index (χ1) is 21.1. The van der Waals surface area contributed by atoms with Crippen LogP contribution in [0.15, 0.2) is 95.7 Å². The molecule has 9 heteroatoms. The van der Waals surface area contributed by atoms with Gasteiger partial charge in [0.05, 0.1) is 32.1 Å². The van der Waals surface area contributed by atoms with Crippen LogP contribution < -0.4 is 21.3 Å². The lowest BCUT2D eigenvalue weighted by atomic mass is 10.1. The van der Waals surface area contributed by atoms with Crippen LogP contribution in [0.2, 0.25) is 0 Å². The molecule has 4 N–H and O–H groups in total. The average molecular weight is 602 g/mol. The Labute approximate surface area is 255 Å². The Morgan fingerprint density at radius 1 is 0.605 bits per heavy atom. The molecule has 7 nitrogen and oxygen atoms in total. The number of thiophene rings is 2. The van der Waals surface area contributed by atoms with E-state index in [-0.39, 0.29) is 12.1 Å². The molecule has 0 aliphatic rings. The highest BCUT2D eigenvalue weighted by Crippen LogP contribution is 2.41. The minimum atomic E-state index is -0.340. The Hall–Kier alpha value is -4.99. The smallest absolute Gasteiger partial charge is 0.307 e. The van der Waals surface area contributed by atoms with Crippen LogP contribution >= 0.6 is 22.7 Å². The number of hydrogen-bond acceptors (Lipinski definition) is 5. The summed E-state index contributed by atoms with van der Waals surface area (Å²) in [5, 5.41) is 19.9. The minimum Gasteiger partial charge on any atom is -0.307 e. The zero-order chi connectivity index (χ0) is 29.3. The van der Waals surface area contributed by atoms with Crippen molar-refractivity contribution in [2.75, 3.05) is 21.3 Å². The van der Waals surface area contributed by atoms with Gasteiger partial charge in [-0.25, -0.2) is 14.6 Å². The number of carbonyl (C=O) groups is 2. The lowest BCUT2D eigenvalue weighted by Gasteiger charge is -2.11. The monoisotopic (exact) mass is 601 g/mol. The maximum absolute atomic E-state index is 13.2. The van der Waals surface area contributed by atoms with Crippen molar-refractivity contribution in [3.63, 3.8) is 0 Å². The second-order valence-electron chi connectivity index (χ2n) is 10.2. The highest BCUT2D eigenvalue weighted by Gasteiger charge is 2.20. The molecule has 0 unspecified atom stereocenters. The number of carbonyl (C=O) groups excluding carboxylic acids is 2. The van der Waals surface area contributed by atoms with Gasteiger partial charge < -0.3 is 21.3 Å². The SMILES string of the molecule is CCCc1c2scc(NC(=O)Nc3cccc4ccccc34)c2nc2c(NC(=O)Nc3cccc4ccccc34)csc12. The van der Waals surface area contributed by atoms with E-state index in [1.165, 1.54) is 5.56 Å². The minimum absolute atomic E-state index is 0.340. The van der Waals surface area contributed by atoms with Gasteiger partial charge in [-0.05, 0) is 34.9 Å². The molecule has 3 aromatic heterocycles. The molecule has 0 atom stereocenters. The summed E-state index contributed by atoms with van der Waals surface area (Å²) in [5.41, 5.74) is 5.35. The molecule has 0 radical (unpaired) electrons. The fourth-order valence-electron chi connectivity index (χ4n) is 5.44. The molecule has 0 aliphatic carbocycles. The molecule has 0 saturated carbocycles. The molecule has 0 aliphatic heterocycles. The van der Waals surface area contributed by atoms with Crippen molar-refractivity contribution in [3.8, 4) is 0 Å². The van der Waals surface area contributed by atoms with Gasteiger partial charge in [0.1, 0.15) is 11.0 Å². The second-order valence-corrected chi connectivity index (χ2v) is 12.0. The maximum Gasteiger partial charge on any atom is 0.323 e. The van der Waals surface area contributed by atoms with Crippen molar-refractivity contribution in [1.82, 2.24) is 4.98 Å². The quantitative estimate of drug-likeness (QED) is 0.153. The van der Waals surface area contributed by atoms with Crippen molar-refractivity contribution in [2.24, 2.45) is 0 Å². The van der Waals surface area contributed by atoms with Crippen LogP contribution in [0.5, 0.6) is 0 Å². The van der Waals surface area contributed by atoms with Crippen LogP contribution in [-0.4, -0.2) is 17.0 Å². The summed E-state index contributed by atoms with van der Waals surface area (Å²) >= 11 is 3.15. The molecule has 0 bridgehead atoms. The van der Waals surface area contributed by atoms with Crippen molar-refractivity contribution in [1.29, 1.82) is 0 Å². The number of hydrogen-bond donors (Lipinski definition) is 4. The Balaban J connectivity index is 1.19. The summed E-state index contributed by atoms with van der Waals surface area (Å²) < 4.78 is 2.09. The van der Waals surface area contributed by atoms with Crippen LogP contribution in [-0.2, 0) is 6.42 Å². The van der Waals surface area contributed by atoms with E-state index in [0.717, 1.165) is 55.2 Å². The van der Waals surface area contributed by atoms with E-state index >= 15 is 0 Å².